The van der Waals surface area contributed by atoms with Crippen molar-refractivity contribution in [2.24, 2.45) is 0 Å². The first-order chi connectivity index (χ1) is 7.25. The third kappa shape index (κ3) is 2.50. The van der Waals surface area contributed by atoms with Gasteiger partial charge in [0, 0.05) is 11.9 Å². The zero-order chi connectivity index (χ0) is 10.7. The molecule has 76 valence electrons. The second kappa shape index (κ2) is 4.35. The number of nitrogens with zero attached hydrogens (tertiary/aromatic N) is 3. The van der Waals surface area contributed by atoms with Gasteiger partial charge in [-0.2, -0.15) is 0 Å². The summed E-state index contributed by atoms with van der Waals surface area (Å²) in [5.74, 6) is 0.732. The number of anilines is 2. The Hall–Kier alpha value is -1.49. The Morgan fingerprint density at radius 2 is 2.07 bits per heavy atom. The second-order valence-corrected chi connectivity index (χ2v) is 3.89. The van der Waals surface area contributed by atoms with Gasteiger partial charge in [0.05, 0.1) is 16.4 Å². The van der Waals surface area contributed by atoms with Crippen molar-refractivity contribution < 1.29 is 0 Å². The van der Waals surface area contributed by atoms with Gasteiger partial charge >= 0.3 is 0 Å². The molecular formula is C10H9BrN4. The summed E-state index contributed by atoms with van der Waals surface area (Å²) in [6, 6.07) is 3.90. The number of aryl methyl sites for hydroxylation is 1. The van der Waals surface area contributed by atoms with Crippen molar-refractivity contribution >= 4 is 27.4 Å². The van der Waals surface area contributed by atoms with Crippen LogP contribution >= 0.6 is 15.9 Å². The van der Waals surface area contributed by atoms with Crippen LogP contribution in [0.1, 0.15) is 5.69 Å². The SMILES string of the molecule is Cc1ccc(Nc2ncncc2Br)cn1. The van der Waals surface area contributed by atoms with Gasteiger partial charge in [0.1, 0.15) is 12.1 Å². The average molecular weight is 265 g/mol. The van der Waals surface area contributed by atoms with E-state index in [4.69, 9.17) is 0 Å². The molecule has 0 aliphatic rings. The molecule has 0 radical (unpaired) electrons. The van der Waals surface area contributed by atoms with E-state index < -0.39 is 0 Å². The van der Waals surface area contributed by atoms with Gasteiger partial charge < -0.3 is 5.32 Å². The van der Waals surface area contributed by atoms with E-state index >= 15 is 0 Å². The number of halogens is 1. The average Bonchev–Trinajstić information content (AvgIpc) is 2.25. The van der Waals surface area contributed by atoms with Gasteiger partial charge in [-0.15, -0.1) is 0 Å². The van der Waals surface area contributed by atoms with Crippen LogP contribution < -0.4 is 5.32 Å². The van der Waals surface area contributed by atoms with Crippen molar-refractivity contribution in [1.29, 1.82) is 0 Å². The lowest BCUT2D eigenvalue weighted by Crippen LogP contribution is -1.95. The number of hydrogen-bond donors (Lipinski definition) is 1. The summed E-state index contributed by atoms with van der Waals surface area (Å²) in [6.07, 6.45) is 4.95. The van der Waals surface area contributed by atoms with E-state index in [2.05, 4.69) is 36.2 Å². The molecule has 0 unspecified atom stereocenters. The smallest absolute Gasteiger partial charge is 0.148 e. The molecule has 0 saturated carbocycles. The molecule has 0 bridgehead atoms. The minimum Gasteiger partial charge on any atom is -0.338 e. The normalized spacial score (nSPS) is 10.0. The fourth-order valence-corrected chi connectivity index (χ4v) is 1.40. The van der Waals surface area contributed by atoms with Crippen LogP contribution in [0, 0.1) is 6.92 Å². The monoisotopic (exact) mass is 264 g/mol. The standard InChI is InChI=1S/C10H9BrN4/c1-7-2-3-8(4-13-7)15-10-9(11)5-12-6-14-10/h2-6H,1H3,(H,12,14,15). The Kier molecular flexibility index (Phi) is 2.91. The molecule has 2 heterocycles. The highest BCUT2D eigenvalue weighted by molar-refractivity contribution is 9.10. The lowest BCUT2D eigenvalue weighted by atomic mass is 10.3. The van der Waals surface area contributed by atoms with Crippen molar-refractivity contribution in [1.82, 2.24) is 15.0 Å². The molecule has 2 rings (SSSR count). The molecule has 0 aromatic carbocycles. The van der Waals surface area contributed by atoms with E-state index in [0.717, 1.165) is 21.7 Å². The largest absolute Gasteiger partial charge is 0.338 e. The Morgan fingerprint density at radius 3 is 2.73 bits per heavy atom. The number of pyridine rings is 1. The maximum absolute atomic E-state index is 4.18. The summed E-state index contributed by atoms with van der Waals surface area (Å²) in [6.45, 7) is 1.95. The van der Waals surface area contributed by atoms with Gasteiger partial charge in [0.2, 0.25) is 0 Å². The van der Waals surface area contributed by atoms with E-state index in [0.29, 0.717) is 0 Å². The van der Waals surface area contributed by atoms with Crippen LogP contribution in [-0.2, 0) is 0 Å². The third-order valence-electron chi connectivity index (χ3n) is 1.84. The van der Waals surface area contributed by atoms with E-state index in [9.17, 15) is 0 Å². The van der Waals surface area contributed by atoms with Gasteiger partial charge in [0.15, 0.2) is 0 Å². The van der Waals surface area contributed by atoms with Gasteiger partial charge in [-0.05, 0) is 35.0 Å². The van der Waals surface area contributed by atoms with Crippen LogP contribution in [0.4, 0.5) is 11.5 Å². The summed E-state index contributed by atoms with van der Waals surface area (Å²) in [5, 5.41) is 3.14. The lowest BCUT2D eigenvalue weighted by molar-refractivity contribution is 1.14. The van der Waals surface area contributed by atoms with Crippen molar-refractivity contribution in [3.8, 4) is 0 Å². The van der Waals surface area contributed by atoms with E-state index in [1.54, 1.807) is 12.4 Å². The van der Waals surface area contributed by atoms with Gasteiger partial charge in [-0.1, -0.05) is 0 Å². The Bertz CT molecular complexity index is 455. The third-order valence-corrected chi connectivity index (χ3v) is 2.42. The molecule has 0 aliphatic heterocycles. The van der Waals surface area contributed by atoms with Crippen molar-refractivity contribution in [3.05, 3.63) is 41.0 Å². The Morgan fingerprint density at radius 1 is 1.20 bits per heavy atom. The molecule has 0 spiro atoms. The summed E-state index contributed by atoms with van der Waals surface area (Å²) in [7, 11) is 0. The molecule has 0 saturated heterocycles. The van der Waals surface area contributed by atoms with Crippen LogP contribution in [0.15, 0.2) is 35.3 Å². The predicted octanol–water partition coefficient (Wildman–Crippen LogP) is 2.69. The van der Waals surface area contributed by atoms with Crippen LogP contribution in [0.2, 0.25) is 0 Å². The number of nitrogens with one attached hydrogen (secondary N) is 1. The second-order valence-electron chi connectivity index (χ2n) is 3.03. The summed E-state index contributed by atoms with van der Waals surface area (Å²) in [5.41, 5.74) is 1.89. The maximum atomic E-state index is 4.18. The summed E-state index contributed by atoms with van der Waals surface area (Å²) >= 11 is 3.36. The van der Waals surface area contributed by atoms with Crippen molar-refractivity contribution in [3.63, 3.8) is 0 Å². The molecule has 1 N–H and O–H groups in total. The molecular weight excluding hydrogens is 256 g/mol. The lowest BCUT2D eigenvalue weighted by Gasteiger charge is -2.05. The molecule has 0 atom stereocenters. The molecule has 2 aromatic rings. The van der Waals surface area contributed by atoms with Gasteiger partial charge in [-0.3, -0.25) is 4.98 Å². The van der Waals surface area contributed by atoms with Crippen LogP contribution in [0.3, 0.4) is 0 Å². The Balaban J connectivity index is 2.22. The van der Waals surface area contributed by atoms with Crippen LogP contribution in [0.5, 0.6) is 0 Å². The maximum Gasteiger partial charge on any atom is 0.148 e. The van der Waals surface area contributed by atoms with Crippen LogP contribution in [-0.4, -0.2) is 15.0 Å². The first-order valence-electron chi connectivity index (χ1n) is 4.41. The fraction of sp³-hybridized carbons (Fsp3) is 0.100. The number of rotatable bonds is 2. The highest BCUT2D eigenvalue weighted by atomic mass is 79.9. The van der Waals surface area contributed by atoms with Crippen molar-refractivity contribution in [2.45, 2.75) is 6.92 Å². The van der Waals surface area contributed by atoms with E-state index in [-0.39, 0.29) is 0 Å². The predicted molar refractivity (Wildman–Crippen MR) is 62.0 cm³/mol. The summed E-state index contributed by atoms with van der Waals surface area (Å²) in [4.78, 5) is 12.2. The zero-order valence-electron chi connectivity index (χ0n) is 8.11. The molecule has 5 heteroatoms. The van der Waals surface area contributed by atoms with Gasteiger partial charge in [-0.25, -0.2) is 9.97 Å². The van der Waals surface area contributed by atoms with Crippen LogP contribution in [0.25, 0.3) is 0 Å². The fourth-order valence-electron chi connectivity index (χ4n) is 1.08. The van der Waals surface area contributed by atoms with E-state index in [1.165, 1.54) is 6.33 Å². The highest BCUT2D eigenvalue weighted by Gasteiger charge is 2.00. The molecule has 4 nitrogen and oxygen atoms in total. The van der Waals surface area contributed by atoms with E-state index in [1.807, 2.05) is 19.1 Å². The quantitative estimate of drug-likeness (QED) is 0.906. The first kappa shape index (κ1) is 10.0. The number of hydrogen-bond acceptors (Lipinski definition) is 4. The summed E-state index contributed by atoms with van der Waals surface area (Å²) < 4.78 is 0.825. The minimum absolute atomic E-state index is 0.732. The highest BCUT2D eigenvalue weighted by Crippen LogP contribution is 2.21. The Labute approximate surface area is 95.9 Å². The first-order valence-corrected chi connectivity index (χ1v) is 5.20. The molecule has 0 amide bonds. The van der Waals surface area contributed by atoms with Crippen molar-refractivity contribution in [2.75, 3.05) is 5.32 Å². The molecule has 0 aliphatic carbocycles. The molecule has 2 aromatic heterocycles. The number of aromatic nitrogens is 3. The molecule has 15 heavy (non-hydrogen) atoms. The zero-order valence-corrected chi connectivity index (χ0v) is 9.69. The topological polar surface area (TPSA) is 50.7 Å². The minimum atomic E-state index is 0.732. The molecule has 0 fully saturated rings. The van der Waals surface area contributed by atoms with Gasteiger partial charge in [0.25, 0.3) is 0 Å².